The average molecular weight is 266 g/mol. The highest BCUT2D eigenvalue weighted by Gasteiger charge is 2.14. The van der Waals surface area contributed by atoms with E-state index in [9.17, 15) is 9.59 Å². The standard InChI is InChI=1S/C14H22N2O3/c1-3-4-5-8-15-14(18)11-16(12(2)17)10-13-7-6-9-19-13/h6-7,9H,3-5,8,10-11H2,1-2H3,(H,15,18). The lowest BCUT2D eigenvalue weighted by atomic mass is 10.2. The van der Waals surface area contributed by atoms with Crippen molar-refractivity contribution in [2.24, 2.45) is 0 Å². The van der Waals surface area contributed by atoms with Crippen molar-refractivity contribution in [2.75, 3.05) is 13.1 Å². The van der Waals surface area contributed by atoms with Gasteiger partial charge in [0.25, 0.3) is 0 Å². The third kappa shape index (κ3) is 6.08. The van der Waals surface area contributed by atoms with Gasteiger partial charge in [0.2, 0.25) is 11.8 Å². The first kappa shape index (κ1) is 15.3. The van der Waals surface area contributed by atoms with E-state index < -0.39 is 0 Å². The van der Waals surface area contributed by atoms with Gasteiger partial charge in [0.15, 0.2) is 0 Å². The van der Waals surface area contributed by atoms with E-state index >= 15 is 0 Å². The Morgan fingerprint density at radius 3 is 2.74 bits per heavy atom. The summed E-state index contributed by atoms with van der Waals surface area (Å²) in [4.78, 5) is 24.7. The van der Waals surface area contributed by atoms with Gasteiger partial charge in [0, 0.05) is 13.5 Å². The molecule has 2 amide bonds. The first-order valence-corrected chi connectivity index (χ1v) is 6.68. The van der Waals surface area contributed by atoms with Crippen LogP contribution in [0.25, 0.3) is 0 Å². The molecule has 0 aromatic carbocycles. The van der Waals surface area contributed by atoms with Crippen LogP contribution >= 0.6 is 0 Å². The van der Waals surface area contributed by atoms with Crippen LogP contribution in [-0.4, -0.2) is 29.8 Å². The molecule has 1 aromatic heterocycles. The highest BCUT2D eigenvalue weighted by atomic mass is 16.3. The summed E-state index contributed by atoms with van der Waals surface area (Å²) < 4.78 is 5.18. The molecular formula is C14H22N2O3. The van der Waals surface area contributed by atoms with Crippen molar-refractivity contribution in [1.82, 2.24) is 10.2 Å². The molecule has 5 heteroatoms. The summed E-state index contributed by atoms with van der Waals surface area (Å²) in [5, 5.41) is 2.82. The molecule has 0 atom stereocenters. The van der Waals surface area contributed by atoms with Crippen molar-refractivity contribution in [1.29, 1.82) is 0 Å². The van der Waals surface area contributed by atoms with Crippen LogP contribution in [0.3, 0.4) is 0 Å². The highest BCUT2D eigenvalue weighted by molar-refractivity contribution is 5.83. The van der Waals surface area contributed by atoms with Crippen LogP contribution in [0.4, 0.5) is 0 Å². The zero-order valence-corrected chi connectivity index (χ0v) is 11.6. The molecule has 0 bridgehead atoms. The number of furan rings is 1. The summed E-state index contributed by atoms with van der Waals surface area (Å²) in [6.07, 6.45) is 4.75. The lowest BCUT2D eigenvalue weighted by Gasteiger charge is -2.19. The second-order valence-electron chi connectivity index (χ2n) is 4.51. The van der Waals surface area contributed by atoms with Crippen LogP contribution in [0.1, 0.15) is 38.9 Å². The lowest BCUT2D eigenvalue weighted by molar-refractivity contribution is -0.135. The Hall–Kier alpha value is -1.78. The Labute approximate surface area is 114 Å². The minimum atomic E-state index is -0.139. The first-order chi connectivity index (χ1) is 9.13. The maximum absolute atomic E-state index is 11.7. The Balaban J connectivity index is 2.36. The summed E-state index contributed by atoms with van der Waals surface area (Å²) in [6.45, 7) is 4.63. The van der Waals surface area contributed by atoms with Gasteiger partial charge in [-0.2, -0.15) is 0 Å². The maximum atomic E-state index is 11.7. The summed E-state index contributed by atoms with van der Waals surface area (Å²) in [6, 6.07) is 3.55. The molecule has 1 aromatic rings. The van der Waals surface area contributed by atoms with Crippen LogP contribution in [-0.2, 0) is 16.1 Å². The average Bonchev–Trinajstić information content (AvgIpc) is 2.86. The van der Waals surface area contributed by atoms with Gasteiger partial charge < -0.3 is 14.6 Å². The normalized spacial score (nSPS) is 10.2. The van der Waals surface area contributed by atoms with E-state index in [1.54, 1.807) is 18.4 Å². The quantitative estimate of drug-likeness (QED) is 0.731. The number of hydrogen-bond acceptors (Lipinski definition) is 3. The Morgan fingerprint density at radius 1 is 1.37 bits per heavy atom. The fraction of sp³-hybridized carbons (Fsp3) is 0.571. The van der Waals surface area contributed by atoms with Crippen molar-refractivity contribution in [3.63, 3.8) is 0 Å². The molecule has 5 nitrogen and oxygen atoms in total. The Morgan fingerprint density at radius 2 is 2.16 bits per heavy atom. The summed E-state index contributed by atoms with van der Waals surface area (Å²) in [5.41, 5.74) is 0. The van der Waals surface area contributed by atoms with Crippen molar-refractivity contribution >= 4 is 11.8 Å². The number of amides is 2. The van der Waals surface area contributed by atoms with Crippen molar-refractivity contribution in [3.8, 4) is 0 Å². The van der Waals surface area contributed by atoms with E-state index in [0.717, 1.165) is 19.3 Å². The van der Waals surface area contributed by atoms with Crippen LogP contribution in [0.15, 0.2) is 22.8 Å². The second-order valence-corrected chi connectivity index (χ2v) is 4.51. The molecule has 1 N–H and O–H groups in total. The van der Waals surface area contributed by atoms with E-state index in [-0.39, 0.29) is 18.4 Å². The predicted octanol–water partition coefficient (Wildman–Crippen LogP) is 1.93. The maximum Gasteiger partial charge on any atom is 0.239 e. The minimum Gasteiger partial charge on any atom is -0.467 e. The van der Waals surface area contributed by atoms with Gasteiger partial charge in [-0.1, -0.05) is 19.8 Å². The van der Waals surface area contributed by atoms with E-state index in [1.807, 2.05) is 0 Å². The van der Waals surface area contributed by atoms with Gasteiger partial charge in [0.1, 0.15) is 5.76 Å². The lowest BCUT2D eigenvalue weighted by Crippen LogP contribution is -2.39. The number of nitrogens with zero attached hydrogens (tertiary/aromatic N) is 1. The second kappa shape index (κ2) is 8.34. The van der Waals surface area contributed by atoms with Crippen LogP contribution in [0, 0.1) is 0 Å². The molecular weight excluding hydrogens is 244 g/mol. The number of rotatable bonds is 8. The minimum absolute atomic E-state index is 0.0716. The molecule has 0 unspecified atom stereocenters. The van der Waals surface area contributed by atoms with Gasteiger partial charge in [0.05, 0.1) is 19.4 Å². The zero-order valence-electron chi connectivity index (χ0n) is 11.6. The van der Waals surface area contributed by atoms with Gasteiger partial charge >= 0.3 is 0 Å². The number of unbranched alkanes of at least 4 members (excludes halogenated alkanes) is 2. The van der Waals surface area contributed by atoms with Gasteiger partial charge in [-0.15, -0.1) is 0 Å². The Kier molecular flexibility index (Phi) is 6.71. The van der Waals surface area contributed by atoms with E-state index in [2.05, 4.69) is 12.2 Å². The smallest absolute Gasteiger partial charge is 0.239 e. The molecule has 0 fully saturated rings. The number of carbonyl (C=O) groups excluding carboxylic acids is 2. The van der Waals surface area contributed by atoms with Crippen molar-refractivity contribution in [2.45, 2.75) is 39.7 Å². The van der Waals surface area contributed by atoms with Crippen LogP contribution < -0.4 is 5.32 Å². The molecule has 0 aliphatic rings. The topological polar surface area (TPSA) is 62.6 Å². The first-order valence-electron chi connectivity index (χ1n) is 6.68. The predicted molar refractivity (Wildman–Crippen MR) is 72.3 cm³/mol. The molecule has 106 valence electrons. The molecule has 0 radical (unpaired) electrons. The molecule has 0 saturated carbocycles. The largest absolute Gasteiger partial charge is 0.467 e. The number of carbonyl (C=O) groups is 2. The van der Waals surface area contributed by atoms with Gasteiger partial charge in [-0.3, -0.25) is 9.59 Å². The summed E-state index contributed by atoms with van der Waals surface area (Å²) in [5.74, 6) is 0.409. The third-order valence-corrected chi connectivity index (χ3v) is 2.81. The highest BCUT2D eigenvalue weighted by Crippen LogP contribution is 2.05. The van der Waals surface area contributed by atoms with E-state index in [1.165, 1.54) is 11.8 Å². The van der Waals surface area contributed by atoms with Crippen molar-refractivity contribution < 1.29 is 14.0 Å². The number of nitrogens with one attached hydrogen (secondary N) is 1. The fourth-order valence-electron chi connectivity index (χ4n) is 1.70. The molecule has 1 rings (SSSR count). The monoisotopic (exact) mass is 266 g/mol. The van der Waals surface area contributed by atoms with Crippen molar-refractivity contribution in [3.05, 3.63) is 24.2 Å². The molecule has 1 heterocycles. The van der Waals surface area contributed by atoms with Gasteiger partial charge in [-0.05, 0) is 18.6 Å². The third-order valence-electron chi connectivity index (χ3n) is 2.81. The molecule has 0 saturated heterocycles. The number of hydrogen-bond donors (Lipinski definition) is 1. The SMILES string of the molecule is CCCCCNC(=O)CN(Cc1ccco1)C(C)=O. The van der Waals surface area contributed by atoms with E-state index in [0.29, 0.717) is 18.8 Å². The van der Waals surface area contributed by atoms with Crippen LogP contribution in [0.5, 0.6) is 0 Å². The zero-order chi connectivity index (χ0) is 14.1. The summed E-state index contributed by atoms with van der Waals surface area (Å²) in [7, 11) is 0. The molecule has 0 aliphatic heterocycles. The fourth-order valence-corrected chi connectivity index (χ4v) is 1.70. The van der Waals surface area contributed by atoms with E-state index in [4.69, 9.17) is 4.42 Å². The molecule has 0 spiro atoms. The van der Waals surface area contributed by atoms with Crippen LogP contribution in [0.2, 0.25) is 0 Å². The summed E-state index contributed by atoms with van der Waals surface area (Å²) >= 11 is 0. The molecule has 19 heavy (non-hydrogen) atoms. The Bertz CT molecular complexity index is 387. The molecule has 0 aliphatic carbocycles. The van der Waals surface area contributed by atoms with Gasteiger partial charge in [-0.25, -0.2) is 0 Å².